The number of fused-ring (bicyclic) bond motifs is 2. The molecule has 0 saturated heterocycles. The van der Waals surface area contributed by atoms with Crippen LogP contribution in [0.25, 0.3) is 17.1 Å². The maximum absolute atomic E-state index is 13.4. The molecule has 0 atom stereocenters. The molecule has 3 N–H and O–H groups in total. The molecular weight excluding hydrogens is 604 g/mol. The molecule has 2 amide bonds. The van der Waals surface area contributed by atoms with E-state index >= 15 is 0 Å². The summed E-state index contributed by atoms with van der Waals surface area (Å²) in [6.45, 7) is 12.0. The first-order valence-electron chi connectivity index (χ1n) is 16.6. The number of rotatable bonds is 8. The third-order valence-electron chi connectivity index (χ3n) is 9.09. The standard InChI is InChI=1S/C37H42N8O3/c1-24-11-13-26(14-12-24)45-33(22-32(42-45)37(2,3)4)39-36(47)38-30-15-16-31(29-10-6-9-28(29)30)48-20-19-43-17-18-44-34(23-43)40-41-35(44)25-7-5-8-27(46)21-25/h5,7-8,11-16,21-22,46H,6,9-10,17-20,23H2,1-4H3,(H2,38,39,47). The molecule has 7 rings (SSSR count). The molecule has 1 aliphatic carbocycles. The minimum absolute atomic E-state index is 0.176. The van der Waals surface area contributed by atoms with Crippen molar-refractivity contribution in [3.8, 4) is 28.6 Å². The minimum atomic E-state index is -0.309. The number of aromatic hydroxyl groups is 1. The fourth-order valence-electron chi connectivity index (χ4n) is 6.46. The molecule has 0 radical (unpaired) electrons. The van der Waals surface area contributed by atoms with Gasteiger partial charge < -0.3 is 19.7 Å². The van der Waals surface area contributed by atoms with E-state index in [2.05, 4.69) is 51.1 Å². The average Bonchev–Trinajstić information content (AvgIpc) is 3.81. The molecule has 0 unspecified atom stereocenters. The van der Waals surface area contributed by atoms with E-state index in [4.69, 9.17) is 9.84 Å². The number of benzene rings is 3. The topological polar surface area (TPSA) is 122 Å². The number of aryl methyl sites for hydroxylation is 1. The van der Waals surface area contributed by atoms with Gasteiger partial charge in [0.05, 0.1) is 17.9 Å². The van der Waals surface area contributed by atoms with Crippen molar-refractivity contribution in [2.24, 2.45) is 0 Å². The van der Waals surface area contributed by atoms with Gasteiger partial charge in [-0.05, 0) is 73.7 Å². The van der Waals surface area contributed by atoms with Crippen LogP contribution < -0.4 is 15.4 Å². The van der Waals surface area contributed by atoms with E-state index in [1.165, 1.54) is 5.56 Å². The smallest absolute Gasteiger partial charge is 0.324 e. The van der Waals surface area contributed by atoms with Crippen molar-refractivity contribution in [3.63, 3.8) is 0 Å². The molecule has 2 aromatic heterocycles. The third kappa shape index (κ3) is 6.50. The zero-order chi connectivity index (χ0) is 33.4. The van der Waals surface area contributed by atoms with Crippen LogP contribution in [-0.4, -0.2) is 60.3 Å². The van der Waals surface area contributed by atoms with Crippen LogP contribution >= 0.6 is 0 Å². The molecule has 0 fully saturated rings. The monoisotopic (exact) mass is 646 g/mol. The Kier molecular flexibility index (Phi) is 8.38. The van der Waals surface area contributed by atoms with Crippen molar-refractivity contribution in [1.29, 1.82) is 0 Å². The molecule has 3 heterocycles. The lowest BCUT2D eigenvalue weighted by Crippen LogP contribution is -2.36. The number of nitrogens with one attached hydrogen (secondary N) is 2. The van der Waals surface area contributed by atoms with Gasteiger partial charge in [0.2, 0.25) is 0 Å². The predicted molar refractivity (Wildman–Crippen MR) is 186 cm³/mol. The van der Waals surface area contributed by atoms with Crippen LogP contribution in [0.5, 0.6) is 11.5 Å². The van der Waals surface area contributed by atoms with Crippen LogP contribution in [0, 0.1) is 6.92 Å². The molecule has 0 spiro atoms. The van der Waals surface area contributed by atoms with Crippen molar-refractivity contribution >= 4 is 17.5 Å². The molecule has 5 aromatic rings. The van der Waals surface area contributed by atoms with E-state index in [9.17, 15) is 9.90 Å². The van der Waals surface area contributed by atoms with Gasteiger partial charge >= 0.3 is 6.03 Å². The molecule has 2 aliphatic rings. The number of carbonyl (C=O) groups is 1. The zero-order valence-corrected chi connectivity index (χ0v) is 28.0. The van der Waals surface area contributed by atoms with E-state index in [1.807, 2.05) is 61.5 Å². The Morgan fingerprint density at radius 3 is 2.56 bits per heavy atom. The number of anilines is 2. The van der Waals surface area contributed by atoms with Crippen LogP contribution in [0.15, 0.2) is 66.7 Å². The van der Waals surface area contributed by atoms with Crippen molar-refractivity contribution in [2.75, 3.05) is 30.3 Å². The molecule has 0 bridgehead atoms. The fourth-order valence-corrected chi connectivity index (χ4v) is 6.46. The van der Waals surface area contributed by atoms with Gasteiger partial charge in [0.1, 0.15) is 29.7 Å². The first-order chi connectivity index (χ1) is 23.1. The lowest BCUT2D eigenvalue weighted by Gasteiger charge is -2.27. The van der Waals surface area contributed by atoms with Gasteiger partial charge in [-0.25, -0.2) is 9.48 Å². The van der Waals surface area contributed by atoms with E-state index in [0.29, 0.717) is 19.0 Å². The van der Waals surface area contributed by atoms with Crippen LogP contribution in [0.4, 0.5) is 16.3 Å². The van der Waals surface area contributed by atoms with E-state index in [-0.39, 0.29) is 17.2 Å². The summed E-state index contributed by atoms with van der Waals surface area (Å²) in [5, 5.41) is 29.7. The predicted octanol–water partition coefficient (Wildman–Crippen LogP) is 6.47. The number of phenolic OH excluding ortho intramolecular Hbond substituents is 1. The van der Waals surface area contributed by atoms with Gasteiger partial charge in [-0.1, -0.05) is 50.6 Å². The summed E-state index contributed by atoms with van der Waals surface area (Å²) >= 11 is 0. The summed E-state index contributed by atoms with van der Waals surface area (Å²) in [6.07, 6.45) is 2.83. The van der Waals surface area contributed by atoms with Gasteiger partial charge in [0, 0.05) is 42.4 Å². The summed E-state index contributed by atoms with van der Waals surface area (Å²) in [7, 11) is 0. The van der Waals surface area contributed by atoms with E-state index < -0.39 is 0 Å². The van der Waals surface area contributed by atoms with Gasteiger partial charge in [0.15, 0.2) is 5.82 Å². The van der Waals surface area contributed by atoms with Gasteiger partial charge in [0.25, 0.3) is 0 Å². The van der Waals surface area contributed by atoms with Gasteiger partial charge in [-0.3, -0.25) is 10.2 Å². The number of aromatic nitrogens is 5. The van der Waals surface area contributed by atoms with Crippen molar-refractivity contribution in [2.45, 2.75) is 65.5 Å². The molecule has 11 nitrogen and oxygen atoms in total. The molecule has 3 aromatic carbocycles. The number of phenols is 1. The highest BCUT2D eigenvalue weighted by atomic mass is 16.5. The van der Waals surface area contributed by atoms with E-state index in [1.54, 1.807) is 16.8 Å². The summed E-state index contributed by atoms with van der Waals surface area (Å²) in [4.78, 5) is 15.7. The number of carbonyl (C=O) groups excluding carboxylic acids is 1. The number of hydrogen-bond donors (Lipinski definition) is 3. The largest absolute Gasteiger partial charge is 0.508 e. The normalized spacial score (nSPS) is 14.4. The average molecular weight is 647 g/mol. The number of ether oxygens (including phenoxy) is 1. The number of amides is 2. The summed E-state index contributed by atoms with van der Waals surface area (Å²) in [5.41, 5.74) is 6.74. The Labute approximate surface area is 280 Å². The number of hydrogen-bond acceptors (Lipinski definition) is 7. The number of nitrogens with zero attached hydrogens (tertiary/aromatic N) is 6. The number of urea groups is 1. The first kappa shape index (κ1) is 31.4. The summed E-state index contributed by atoms with van der Waals surface area (Å²) in [6, 6.07) is 20.8. The van der Waals surface area contributed by atoms with Crippen LogP contribution in [0.1, 0.15) is 55.4 Å². The Balaban J connectivity index is 0.989. The molecule has 1 aliphatic heterocycles. The molecule has 11 heteroatoms. The molecule has 0 saturated carbocycles. The first-order valence-corrected chi connectivity index (χ1v) is 16.6. The van der Waals surface area contributed by atoms with Crippen LogP contribution in [0.3, 0.4) is 0 Å². The SMILES string of the molecule is Cc1ccc(-n2nc(C(C)(C)C)cc2NC(=O)Nc2ccc(OCCN3CCn4c(nnc4-c4cccc(O)c4)C3)c3c2CCC3)cc1. The van der Waals surface area contributed by atoms with Gasteiger partial charge in [-0.2, -0.15) is 5.10 Å². The molecule has 248 valence electrons. The highest BCUT2D eigenvalue weighted by molar-refractivity contribution is 6.00. The second-order valence-electron chi connectivity index (χ2n) is 13.7. The van der Waals surface area contributed by atoms with E-state index in [0.717, 1.165) is 90.1 Å². The Bertz CT molecular complexity index is 1950. The Morgan fingerprint density at radius 1 is 0.958 bits per heavy atom. The van der Waals surface area contributed by atoms with Crippen molar-refractivity contribution in [3.05, 3.63) is 94.9 Å². The summed E-state index contributed by atoms with van der Waals surface area (Å²) < 4.78 is 10.3. The fraction of sp³-hybridized carbons (Fsp3) is 0.351. The highest BCUT2D eigenvalue weighted by Gasteiger charge is 2.25. The maximum Gasteiger partial charge on any atom is 0.324 e. The lowest BCUT2D eigenvalue weighted by molar-refractivity contribution is 0.174. The molecular formula is C37H42N8O3. The Morgan fingerprint density at radius 2 is 1.77 bits per heavy atom. The summed E-state index contributed by atoms with van der Waals surface area (Å²) in [5.74, 6) is 3.40. The molecule has 48 heavy (non-hydrogen) atoms. The second-order valence-corrected chi connectivity index (χ2v) is 13.7. The van der Waals surface area contributed by atoms with Crippen molar-refractivity contribution in [1.82, 2.24) is 29.4 Å². The lowest BCUT2D eigenvalue weighted by atomic mass is 9.92. The van der Waals surface area contributed by atoms with Crippen molar-refractivity contribution < 1.29 is 14.6 Å². The highest BCUT2D eigenvalue weighted by Crippen LogP contribution is 2.36. The quantitative estimate of drug-likeness (QED) is 0.177. The second kappa shape index (κ2) is 12.8. The minimum Gasteiger partial charge on any atom is -0.508 e. The maximum atomic E-state index is 13.4. The third-order valence-corrected chi connectivity index (χ3v) is 9.09. The zero-order valence-electron chi connectivity index (χ0n) is 28.0. The van der Waals surface area contributed by atoms with Gasteiger partial charge in [-0.15, -0.1) is 10.2 Å². The van der Waals surface area contributed by atoms with Crippen LogP contribution in [0.2, 0.25) is 0 Å². The Hall–Kier alpha value is -5.16. The van der Waals surface area contributed by atoms with Crippen LogP contribution in [-0.2, 0) is 31.3 Å².